The minimum Gasteiger partial charge on any atom is -0.341 e. The van der Waals surface area contributed by atoms with Gasteiger partial charge in [0.25, 0.3) is 0 Å². The highest BCUT2D eigenvalue weighted by Crippen LogP contribution is 2.22. The Labute approximate surface area is 140 Å². The number of amides is 1. The molecule has 0 N–H and O–H groups in total. The van der Waals surface area contributed by atoms with Crippen LogP contribution in [0, 0.1) is 0 Å². The van der Waals surface area contributed by atoms with E-state index in [1.165, 1.54) is 0 Å². The van der Waals surface area contributed by atoms with Crippen LogP contribution in [0.2, 0.25) is 5.15 Å². The van der Waals surface area contributed by atoms with Gasteiger partial charge in [0, 0.05) is 25.4 Å². The average Bonchev–Trinajstić information content (AvgIpc) is 2.90. The van der Waals surface area contributed by atoms with Crippen LogP contribution in [0.3, 0.4) is 0 Å². The molecule has 0 radical (unpaired) electrons. The Morgan fingerprint density at radius 2 is 1.83 bits per heavy atom. The molecule has 0 aliphatic rings. The van der Waals surface area contributed by atoms with Crippen LogP contribution in [0.5, 0.6) is 0 Å². The van der Waals surface area contributed by atoms with Gasteiger partial charge in [-0.15, -0.1) is 0 Å². The van der Waals surface area contributed by atoms with Crippen molar-refractivity contribution in [2.75, 3.05) is 7.05 Å². The van der Waals surface area contributed by atoms with Gasteiger partial charge in [0.05, 0.1) is 12.1 Å². The van der Waals surface area contributed by atoms with Crippen LogP contribution in [-0.4, -0.2) is 27.6 Å². The van der Waals surface area contributed by atoms with Gasteiger partial charge in [-0.05, 0) is 17.7 Å². The largest absolute Gasteiger partial charge is 0.341 e. The number of hydrogen-bond donors (Lipinski definition) is 0. The quantitative estimate of drug-likeness (QED) is 0.716. The topological polar surface area (TPSA) is 38.1 Å². The number of fused-ring (bicyclic) bond motifs is 1. The molecule has 0 spiro atoms. The van der Waals surface area contributed by atoms with E-state index in [0.717, 1.165) is 16.5 Å². The summed E-state index contributed by atoms with van der Waals surface area (Å²) in [5.41, 5.74) is 2.08. The van der Waals surface area contributed by atoms with Gasteiger partial charge in [0.1, 0.15) is 0 Å². The third kappa shape index (κ3) is 3.54. The lowest BCUT2D eigenvalue weighted by atomic mass is 10.2. The second kappa shape index (κ2) is 6.84. The molecule has 5 heteroatoms. The zero-order valence-corrected chi connectivity index (χ0v) is 13.7. The maximum absolute atomic E-state index is 12.3. The van der Waals surface area contributed by atoms with Gasteiger partial charge in [-0.1, -0.05) is 54.1 Å². The first-order valence-corrected chi connectivity index (χ1v) is 7.92. The summed E-state index contributed by atoms with van der Waals surface area (Å²) in [6, 6.07) is 17.7. The van der Waals surface area contributed by atoms with Crippen molar-refractivity contribution in [2.45, 2.75) is 19.5 Å². The van der Waals surface area contributed by atoms with Gasteiger partial charge < -0.3 is 4.90 Å². The first-order valence-electron chi connectivity index (χ1n) is 7.54. The summed E-state index contributed by atoms with van der Waals surface area (Å²) in [6.45, 7) is 1.13. The fourth-order valence-electron chi connectivity index (χ4n) is 2.60. The average molecular weight is 328 g/mol. The molecule has 0 aliphatic carbocycles. The van der Waals surface area contributed by atoms with E-state index in [4.69, 9.17) is 11.6 Å². The van der Waals surface area contributed by atoms with Crippen LogP contribution in [0.15, 0.2) is 54.6 Å². The minimum absolute atomic E-state index is 0.0876. The molecule has 2 aromatic carbocycles. The molecular formula is C18H18ClN3O. The number of hydrogen-bond acceptors (Lipinski definition) is 2. The Bertz CT molecular complexity index is 814. The smallest absolute Gasteiger partial charge is 0.224 e. The molecular weight excluding hydrogens is 310 g/mol. The SMILES string of the molecule is CN(Cc1ccccc1)C(=O)CCn1nc(Cl)c2ccccc21. The highest BCUT2D eigenvalue weighted by molar-refractivity contribution is 6.34. The third-order valence-corrected chi connectivity index (χ3v) is 4.12. The molecule has 23 heavy (non-hydrogen) atoms. The molecule has 0 saturated heterocycles. The van der Waals surface area contributed by atoms with Crippen molar-refractivity contribution in [1.82, 2.24) is 14.7 Å². The number of para-hydroxylation sites is 1. The maximum atomic E-state index is 12.3. The van der Waals surface area contributed by atoms with Crippen LogP contribution < -0.4 is 0 Å². The normalized spacial score (nSPS) is 10.9. The van der Waals surface area contributed by atoms with E-state index in [1.807, 2.05) is 61.6 Å². The Morgan fingerprint density at radius 1 is 1.13 bits per heavy atom. The summed E-state index contributed by atoms with van der Waals surface area (Å²) in [7, 11) is 1.82. The number of carbonyl (C=O) groups excluding carboxylic acids is 1. The van der Waals surface area contributed by atoms with Crippen LogP contribution in [0.4, 0.5) is 0 Å². The molecule has 0 saturated carbocycles. The molecule has 0 aliphatic heterocycles. The van der Waals surface area contributed by atoms with Crippen molar-refractivity contribution < 1.29 is 4.79 Å². The summed E-state index contributed by atoms with van der Waals surface area (Å²) < 4.78 is 1.80. The van der Waals surface area contributed by atoms with Crippen molar-refractivity contribution in [3.63, 3.8) is 0 Å². The summed E-state index contributed by atoms with van der Waals surface area (Å²) >= 11 is 6.14. The van der Waals surface area contributed by atoms with Crippen molar-refractivity contribution in [1.29, 1.82) is 0 Å². The van der Waals surface area contributed by atoms with Crippen LogP contribution >= 0.6 is 11.6 Å². The molecule has 0 atom stereocenters. The highest BCUT2D eigenvalue weighted by atomic mass is 35.5. The predicted molar refractivity (Wildman–Crippen MR) is 92.3 cm³/mol. The van der Waals surface area contributed by atoms with E-state index < -0.39 is 0 Å². The second-order valence-electron chi connectivity index (χ2n) is 5.52. The first-order chi connectivity index (χ1) is 11.1. The van der Waals surface area contributed by atoms with Crippen molar-refractivity contribution in [3.8, 4) is 0 Å². The lowest BCUT2D eigenvalue weighted by molar-refractivity contribution is -0.130. The predicted octanol–water partition coefficient (Wildman–Crippen LogP) is 3.74. The number of aromatic nitrogens is 2. The summed E-state index contributed by atoms with van der Waals surface area (Å²) in [6.07, 6.45) is 0.394. The monoisotopic (exact) mass is 327 g/mol. The van der Waals surface area contributed by atoms with E-state index >= 15 is 0 Å². The van der Waals surface area contributed by atoms with E-state index in [9.17, 15) is 4.79 Å². The molecule has 0 unspecified atom stereocenters. The van der Waals surface area contributed by atoms with Crippen LogP contribution in [0.25, 0.3) is 10.9 Å². The standard InChI is InChI=1S/C18H18ClN3O/c1-21(13-14-7-3-2-4-8-14)17(23)11-12-22-16-10-6-5-9-15(16)18(19)20-22/h2-10H,11-13H2,1H3. The molecule has 0 bridgehead atoms. The van der Waals surface area contributed by atoms with Gasteiger partial charge in [-0.3, -0.25) is 9.48 Å². The number of halogens is 1. The number of carbonyl (C=O) groups is 1. The number of rotatable bonds is 5. The van der Waals surface area contributed by atoms with Gasteiger partial charge in [0.2, 0.25) is 5.91 Å². The van der Waals surface area contributed by atoms with Gasteiger partial charge in [-0.2, -0.15) is 5.10 Å². The number of nitrogens with zero attached hydrogens (tertiary/aromatic N) is 3. The van der Waals surface area contributed by atoms with E-state index in [2.05, 4.69) is 5.10 Å². The van der Waals surface area contributed by atoms with E-state index in [0.29, 0.717) is 24.7 Å². The zero-order valence-electron chi connectivity index (χ0n) is 12.9. The summed E-state index contributed by atoms with van der Waals surface area (Å²) in [5, 5.41) is 5.71. The van der Waals surface area contributed by atoms with Crippen LogP contribution in [-0.2, 0) is 17.9 Å². The van der Waals surface area contributed by atoms with E-state index in [1.54, 1.807) is 9.58 Å². The molecule has 1 heterocycles. The van der Waals surface area contributed by atoms with Gasteiger partial charge >= 0.3 is 0 Å². The third-order valence-electron chi connectivity index (χ3n) is 3.84. The molecule has 3 aromatic rings. The molecule has 118 valence electrons. The Morgan fingerprint density at radius 3 is 2.61 bits per heavy atom. The fourth-order valence-corrected chi connectivity index (χ4v) is 2.85. The molecule has 4 nitrogen and oxygen atoms in total. The lowest BCUT2D eigenvalue weighted by Crippen LogP contribution is -2.27. The fraction of sp³-hybridized carbons (Fsp3) is 0.222. The van der Waals surface area contributed by atoms with Crippen molar-refractivity contribution >= 4 is 28.4 Å². The number of benzene rings is 2. The molecule has 3 rings (SSSR count). The maximum Gasteiger partial charge on any atom is 0.224 e. The number of aryl methyl sites for hydroxylation is 1. The first kappa shape index (κ1) is 15.6. The van der Waals surface area contributed by atoms with Crippen molar-refractivity contribution in [2.24, 2.45) is 0 Å². The van der Waals surface area contributed by atoms with Gasteiger partial charge in [0.15, 0.2) is 5.15 Å². The highest BCUT2D eigenvalue weighted by Gasteiger charge is 2.12. The summed E-state index contributed by atoms with van der Waals surface area (Å²) in [4.78, 5) is 14.1. The molecule has 1 aromatic heterocycles. The Kier molecular flexibility index (Phi) is 4.63. The van der Waals surface area contributed by atoms with E-state index in [-0.39, 0.29) is 5.91 Å². The Balaban J connectivity index is 1.64. The molecule has 1 amide bonds. The molecule has 0 fully saturated rings. The Hall–Kier alpha value is -2.33. The minimum atomic E-state index is 0.0876. The second-order valence-corrected chi connectivity index (χ2v) is 5.87. The summed E-state index contributed by atoms with van der Waals surface area (Å²) in [5.74, 6) is 0.0876. The van der Waals surface area contributed by atoms with Crippen molar-refractivity contribution in [3.05, 3.63) is 65.3 Å². The van der Waals surface area contributed by atoms with Gasteiger partial charge in [-0.25, -0.2) is 0 Å². The lowest BCUT2D eigenvalue weighted by Gasteiger charge is -2.17. The van der Waals surface area contributed by atoms with Crippen LogP contribution in [0.1, 0.15) is 12.0 Å². The zero-order chi connectivity index (χ0) is 16.2.